The minimum atomic E-state index is -0.379. The van der Waals surface area contributed by atoms with Crippen molar-refractivity contribution in [2.45, 2.75) is 6.92 Å². The highest BCUT2D eigenvalue weighted by molar-refractivity contribution is 5.80. The van der Waals surface area contributed by atoms with Crippen molar-refractivity contribution in [1.82, 2.24) is 9.38 Å². The Bertz CT molecular complexity index is 882. The lowest BCUT2D eigenvalue weighted by Gasteiger charge is -1.95. The molecule has 0 amide bonds. The molecule has 0 atom stereocenters. The lowest BCUT2D eigenvalue weighted by molar-refractivity contribution is 1.08. The largest absolute Gasteiger partial charge is 0.279 e. The summed E-state index contributed by atoms with van der Waals surface area (Å²) < 4.78 is 1.40. The first-order valence-electron chi connectivity index (χ1n) is 5.59. The fraction of sp³-hybridized carbons (Fsp3) is 0.0714. The van der Waals surface area contributed by atoms with Gasteiger partial charge in [0.25, 0.3) is 11.1 Å². The van der Waals surface area contributed by atoms with E-state index in [1.165, 1.54) is 4.40 Å². The van der Waals surface area contributed by atoms with Gasteiger partial charge < -0.3 is 0 Å². The Morgan fingerprint density at radius 1 is 1.06 bits per heavy atom. The van der Waals surface area contributed by atoms with E-state index in [4.69, 9.17) is 0 Å². The summed E-state index contributed by atoms with van der Waals surface area (Å²) in [4.78, 5) is 28.3. The van der Waals surface area contributed by atoms with E-state index < -0.39 is 0 Å². The highest BCUT2D eigenvalue weighted by atomic mass is 16.1. The maximum Gasteiger partial charge on any atom is 0.279 e. The molecule has 88 valence electrons. The predicted octanol–water partition coefficient (Wildman–Crippen LogP) is 1.52. The molecule has 0 saturated heterocycles. The third-order valence-corrected chi connectivity index (χ3v) is 2.91. The summed E-state index contributed by atoms with van der Waals surface area (Å²) in [5.41, 5.74) is 0.726. The van der Waals surface area contributed by atoms with Gasteiger partial charge in [-0.05, 0) is 36.8 Å². The Balaban J connectivity index is 2.74. The fourth-order valence-electron chi connectivity index (χ4n) is 2.00. The van der Waals surface area contributed by atoms with Gasteiger partial charge in [-0.2, -0.15) is 4.98 Å². The summed E-state index contributed by atoms with van der Waals surface area (Å²) >= 11 is 0. The molecule has 0 bridgehead atoms. The van der Waals surface area contributed by atoms with E-state index >= 15 is 0 Å². The van der Waals surface area contributed by atoms with Gasteiger partial charge in [-0.15, -0.1) is 0 Å². The van der Waals surface area contributed by atoms with Crippen LogP contribution in [0.15, 0.2) is 52.2 Å². The summed E-state index contributed by atoms with van der Waals surface area (Å²) in [6.45, 7) is 1.89. The molecule has 3 aromatic rings. The predicted molar refractivity (Wildman–Crippen MR) is 70.0 cm³/mol. The molecule has 4 nitrogen and oxygen atoms in total. The molecule has 0 spiro atoms. The fourth-order valence-corrected chi connectivity index (χ4v) is 2.00. The van der Waals surface area contributed by atoms with Gasteiger partial charge in [-0.25, -0.2) is 0 Å². The van der Waals surface area contributed by atoms with Gasteiger partial charge in [0.15, 0.2) is 0 Å². The molecule has 0 aliphatic carbocycles. The first-order valence-corrected chi connectivity index (χ1v) is 5.59. The zero-order valence-electron chi connectivity index (χ0n) is 9.75. The molecule has 1 aromatic carbocycles. The minimum Gasteiger partial charge on any atom is -0.268 e. The van der Waals surface area contributed by atoms with E-state index in [9.17, 15) is 9.59 Å². The van der Waals surface area contributed by atoms with Gasteiger partial charge in [0.1, 0.15) is 5.65 Å². The van der Waals surface area contributed by atoms with Crippen molar-refractivity contribution in [1.29, 1.82) is 0 Å². The van der Waals surface area contributed by atoms with Crippen molar-refractivity contribution in [2.75, 3.05) is 0 Å². The van der Waals surface area contributed by atoms with Crippen LogP contribution in [0.3, 0.4) is 0 Å². The quantitative estimate of drug-likeness (QED) is 0.596. The molecule has 0 radical (unpaired) electrons. The number of rotatable bonds is 0. The minimum absolute atomic E-state index is 0.227. The molecule has 2 aromatic heterocycles. The normalized spacial score (nSPS) is 10.9. The molecule has 4 heteroatoms. The second-order valence-corrected chi connectivity index (χ2v) is 4.20. The van der Waals surface area contributed by atoms with E-state index in [1.54, 1.807) is 36.5 Å². The standard InChI is InChI=1S/C14H10N2O2/c1-9-6-7-16-12(8-9)15-13(17)10-4-2-3-5-11(10)14(16)18/h2-8H,1H3. The molecule has 2 heterocycles. The lowest BCUT2D eigenvalue weighted by Crippen LogP contribution is -2.10. The number of aryl methyl sites for hydroxylation is 1. The highest BCUT2D eigenvalue weighted by Crippen LogP contribution is 2.05. The number of nitrogens with zero attached hydrogens (tertiary/aromatic N) is 2. The van der Waals surface area contributed by atoms with E-state index in [0.717, 1.165) is 5.56 Å². The van der Waals surface area contributed by atoms with Crippen molar-refractivity contribution in [3.63, 3.8) is 0 Å². The zero-order chi connectivity index (χ0) is 12.7. The molecular weight excluding hydrogens is 228 g/mol. The van der Waals surface area contributed by atoms with E-state index in [0.29, 0.717) is 16.4 Å². The summed E-state index contributed by atoms with van der Waals surface area (Å²) in [5, 5.41) is 0.739. The molecular formula is C14H10N2O2. The van der Waals surface area contributed by atoms with Crippen LogP contribution in [0.5, 0.6) is 0 Å². The highest BCUT2D eigenvalue weighted by Gasteiger charge is 2.05. The third kappa shape index (κ3) is 1.50. The number of benzene rings is 1. The maximum absolute atomic E-state index is 12.3. The van der Waals surface area contributed by atoms with Crippen molar-refractivity contribution in [3.05, 3.63) is 68.9 Å². The van der Waals surface area contributed by atoms with Crippen LogP contribution in [0.2, 0.25) is 0 Å². The van der Waals surface area contributed by atoms with E-state index in [2.05, 4.69) is 4.98 Å². The van der Waals surface area contributed by atoms with Crippen molar-refractivity contribution < 1.29 is 0 Å². The summed E-state index contributed by atoms with van der Waals surface area (Å²) in [5.74, 6) is 0. The number of fused-ring (bicyclic) bond motifs is 2. The van der Waals surface area contributed by atoms with Crippen LogP contribution in [-0.4, -0.2) is 9.38 Å². The molecule has 0 fully saturated rings. The third-order valence-electron chi connectivity index (χ3n) is 2.91. The van der Waals surface area contributed by atoms with Crippen LogP contribution < -0.4 is 11.1 Å². The van der Waals surface area contributed by atoms with Crippen molar-refractivity contribution in [2.24, 2.45) is 0 Å². The number of hydrogen-bond donors (Lipinski definition) is 0. The topological polar surface area (TPSA) is 51.4 Å². The summed E-state index contributed by atoms with van der Waals surface area (Å²) in [7, 11) is 0. The Morgan fingerprint density at radius 3 is 2.56 bits per heavy atom. The van der Waals surface area contributed by atoms with Gasteiger partial charge >= 0.3 is 0 Å². The molecule has 0 unspecified atom stereocenters. The van der Waals surface area contributed by atoms with Crippen LogP contribution in [0.4, 0.5) is 0 Å². The van der Waals surface area contributed by atoms with Gasteiger partial charge in [-0.3, -0.25) is 14.0 Å². The van der Waals surface area contributed by atoms with Gasteiger partial charge in [-0.1, -0.05) is 12.1 Å². The number of hydrogen-bond acceptors (Lipinski definition) is 3. The van der Waals surface area contributed by atoms with E-state index in [-0.39, 0.29) is 11.1 Å². The maximum atomic E-state index is 12.3. The van der Waals surface area contributed by atoms with Crippen LogP contribution in [0, 0.1) is 6.92 Å². The molecule has 0 aliphatic heterocycles. The Morgan fingerprint density at radius 2 is 1.78 bits per heavy atom. The van der Waals surface area contributed by atoms with Crippen molar-refractivity contribution >= 4 is 16.4 Å². The molecule has 18 heavy (non-hydrogen) atoms. The smallest absolute Gasteiger partial charge is 0.268 e. The zero-order valence-corrected chi connectivity index (χ0v) is 9.75. The second kappa shape index (κ2) is 3.77. The first-order chi connectivity index (χ1) is 8.66. The molecule has 3 rings (SSSR count). The first kappa shape index (κ1) is 10.7. The van der Waals surface area contributed by atoms with Crippen LogP contribution in [0.1, 0.15) is 5.56 Å². The molecule has 0 N–H and O–H groups in total. The second-order valence-electron chi connectivity index (χ2n) is 4.20. The summed E-state index contributed by atoms with van der Waals surface area (Å²) in [6, 6.07) is 10.3. The average molecular weight is 238 g/mol. The number of pyridine rings is 1. The average Bonchev–Trinajstić information content (AvgIpc) is 2.47. The van der Waals surface area contributed by atoms with Crippen LogP contribution in [-0.2, 0) is 0 Å². The number of aromatic nitrogens is 2. The monoisotopic (exact) mass is 238 g/mol. The SMILES string of the molecule is Cc1ccn2c(=O)c3ccccc3c(=O)nc2c1. The Hall–Kier alpha value is -2.49. The van der Waals surface area contributed by atoms with Gasteiger partial charge in [0, 0.05) is 6.20 Å². The Labute approximate surface area is 102 Å². The van der Waals surface area contributed by atoms with Crippen LogP contribution >= 0.6 is 0 Å². The van der Waals surface area contributed by atoms with Gasteiger partial charge in [0.2, 0.25) is 0 Å². The van der Waals surface area contributed by atoms with Gasteiger partial charge in [0.05, 0.1) is 10.8 Å². The lowest BCUT2D eigenvalue weighted by atomic mass is 10.2. The van der Waals surface area contributed by atoms with Crippen LogP contribution in [0.25, 0.3) is 16.4 Å². The summed E-state index contributed by atoms with van der Waals surface area (Å²) in [6.07, 6.45) is 1.64. The van der Waals surface area contributed by atoms with Crippen molar-refractivity contribution in [3.8, 4) is 0 Å². The van der Waals surface area contributed by atoms with E-state index in [1.807, 2.05) is 13.0 Å². The molecule has 0 saturated carbocycles. The Kier molecular flexibility index (Phi) is 2.23. The molecule has 0 aliphatic rings.